The fourth-order valence-electron chi connectivity index (χ4n) is 4.91. The van der Waals surface area contributed by atoms with Crippen molar-refractivity contribution < 1.29 is 14.4 Å². The highest BCUT2D eigenvalue weighted by Gasteiger charge is 2.40. The van der Waals surface area contributed by atoms with Crippen molar-refractivity contribution >= 4 is 23.9 Å². The normalized spacial score (nSPS) is 19.3. The quantitative estimate of drug-likeness (QED) is 0.588. The van der Waals surface area contributed by atoms with E-state index in [1.807, 2.05) is 19.9 Å². The smallest absolute Gasteiger partial charge is 0.318 e. The number of aromatic nitrogens is 1. The van der Waals surface area contributed by atoms with Crippen molar-refractivity contribution in [2.24, 2.45) is 0 Å². The lowest BCUT2D eigenvalue weighted by molar-refractivity contribution is -0.132. The first kappa shape index (κ1) is 21.1. The fourth-order valence-corrected chi connectivity index (χ4v) is 4.91. The van der Waals surface area contributed by atoms with Gasteiger partial charge in [-0.3, -0.25) is 19.8 Å². The Bertz CT molecular complexity index is 1080. The van der Waals surface area contributed by atoms with Crippen LogP contribution in [0.2, 0.25) is 0 Å². The van der Waals surface area contributed by atoms with Crippen molar-refractivity contribution in [2.75, 3.05) is 0 Å². The van der Waals surface area contributed by atoms with Gasteiger partial charge in [-0.15, -0.1) is 0 Å². The van der Waals surface area contributed by atoms with Crippen LogP contribution in [0.3, 0.4) is 0 Å². The zero-order valence-electron chi connectivity index (χ0n) is 18.6. The summed E-state index contributed by atoms with van der Waals surface area (Å²) in [6.07, 6.45) is 6.31. The molecule has 4 amide bonds. The van der Waals surface area contributed by atoms with Gasteiger partial charge in [-0.05, 0) is 81.5 Å². The number of urea groups is 1. The molecule has 1 aliphatic heterocycles. The van der Waals surface area contributed by atoms with E-state index in [2.05, 4.69) is 41.9 Å². The Hall–Kier alpha value is -3.15. The van der Waals surface area contributed by atoms with Crippen LogP contribution in [-0.4, -0.2) is 33.4 Å². The summed E-state index contributed by atoms with van der Waals surface area (Å²) in [6.45, 7) is 8.12. The van der Waals surface area contributed by atoms with Gasteiger partial charge in [-0.2, -0.15) is 0 Å². The number of benzene rings is 1. The molecule has 2 heterocycles. The number of aryl methyl sites for hydroxylation is 3. The van der Waals surface area contributed by atoms with Crippen LogP contribution in [-0.2, 0) is 9.59 Å². The minimum absolute atomic E-state index is 0.0193. The van der Waals surface area contributed by atoms with Gasteiger partial charge in [0.2, 0.25) is 0 Å². The molecule has 1 saturated heterocycles. The largest absolute Gasteiger partial charge is 0.331 e. The number of carbonyl (C=O) groups excluding carboxylic acids is 3. The van der Waals surface area contributed by atoms with E-state index in [1.54, 1.807) is 6.08 Å². The second kappa shape index (κ2) is 8.17. The highest BCUT2D eigenvalue weighted by atomic mass is 16.2. The molecule has 1 aromatic heterocycles. The number of nitrogens with zero attached hydrogens (tertiary/aromatic N) is 2. The Morgan fingerprint density at radius 2 is 1.55 bits per heavy atom. The topological polar surface area (TPSA) is 71.4 Å². The molecule has 2 aliphatic rings. The molecule has 0 atom stereocenters. The van der Waals surface area contributed by atoms with Crippen LogP contribution in [0.4, 0.5) is 4.79 Å². The number of carbonyl (C=O) groups is 3. The first-order chi connectivity index (χ1) is 14.8. The summed E-state index contributed by atoms with van der Waals surface area (Å²) in [5, 5.41) is 2.37. The summed E-state index contributed by atoms with van der Waals surface area (Å²) in [5.41, 5.74) is 6.17. The highest BCUT2D eigenvalue weighted by molar-refractivity contribution is 6.31. The number of rotatable bonds is 3. The van der Waals surface area contributed by atoms with Crippen molar-refractivity contribution in [3.63, 3.8) is 0 Å². The number of imide groups is 2. The van der Waals surface area contributed by atoms with E-state index >= 15 is 0 Å². The molecule has 0 spiro atoms. The van der Waals surface area contributed by atoms with Crippen LogP contribution in [0, 0.1) is 27.7 Å². The van der Waals surface area contributed by atoms with Crippen molar-refractivity contribution in [1.29, 1.82) is 0 Å². The summed E-state index contributed by atoms with van der Waals surface area (Å²) >= 11 is 0. The Kier molecular flexibility index (Phi) is 5.56. The second-order valence-electron chi connectivity index (χ2n) is 8.79. The monoisotopic (exact) mass is 419 g/mol. The fraction of sp³-hybridized carbons (Fsp3) is 0.400. The summed E-state index contributed by atoms with van der Waals surface area (Å²) in [4.78, 5) is 39.4. The molecule has 0 bridgehead atoms. The summed E-state index contributed by atoms with van der Waals surface area (Å²) in [7, 11) is 0. The number of hydrogen-bond acceptors (Lipinski definition) is 3. The molecule has 162 valence electrons. The molecule has 1 saturated carbocycles. The van der Waals surface area contributed by atoms with Gasteiger partial charge in [0.1, 0.15) is 5.57 Å². The Morgan fingerprint density at radius 1 is 0.903 bits per heavy atom. The molecule has 1 aliphatic carbocycles. The van der Waals surface area contributed by atoms with Gasteiger partial charge in [0.05, 0.1) is 0 Å². The number of amides is 4. The van der Waals surface area contributed by atoms with Gasteiger partial charge < -0.3 is 4.57 Å². The van der Waals surface area contributed by atoms with Crippen LogP contribution in [0.5, 0.6) is 0 Å². The Labute approximate surface area is 182 Å². The third-order valence-electron chi connectivity index (χ3n) is 6.31. The molecule has 4 rings (SSSR count). The molecular formula is C25H29N3O3. The number of nitrogens with one attached hydrogen (secondary N) is 1. The van der Waals surface area contributed by atoms with Crippen molar-refractivity contribution in [1.82, 2.24) is 14.8 Å². The van der Waals surface area contributed by atoms with Crippen LogP contribution >= 0.6 is 0 Å². The second-order valence-corrected chi connectivity index (χ2v) is 8.79. The van der Waals surface area contributed by atoms with Gasteiger partial charge in [-0.25, -0.2) is 4.79 Å². The van der Waals surface area contributed by atoms with Gasteiger partial charge in [0, 0.05) is 23.1 Å². The lowest BCUT2D eigenvalue weighted by atomic mass is 9.93. The summed E-state index contributed by atoms with van der Waals surface area (Å²) in [6, 6.07) is 7.60. The maximum Gasteiger partial charge on any atom is 0.331 e. The van der Waals surface area contributed by atoms with Gasteiger partial charge >= 0.3 is 6.03 Å². The van der Waals surface area contributed by atoms with E-state index in [-0.39, 0.29) is 11.6 Å². The zero-order chi connectivity index (χ0) is 22.3. The van der Waals surface area contributed by atoms with Crippen molar-refractivity contribution in [3.8, 4) is 5.69 Å². The van der Waals surface area contributed by atoms with E-state index in [0.29, 0.717) is 0 Å². The van der Waals surface area contributed by atoms with Crippen LogP contribution in [0.1, 0.15) is 60.2 Å². The van der Waals surface area contributed by atoms with E-state index in [1.165, 1.54) is 16.0 Å². The molecule has 2 fully saturated rings. The molecule has 6 nitrogen and oxygen atoms in total. The van der Waals surface area contributed by atoms with Crippen LogP contribution in [0.25, 0.3) is 11.8 Å². The van der Waals surface area contributed by atoms with Gasteiger partial charge in [-0.1, -0.05) is 25.3 Å². The summed E-state index contributed by atoms with van der Waals surface area (Å²) in [5.74, 6) is -1.12. The van der Waals surface area contributed by atoms with Gasteiger partial charge in [0.25, 0.3) is 11.8 Å². The SMILES string of the molecule is Cc1cc(C)cc(-n2c(C)cc(/C=C3\C(=O)NC(=O)N(C4CCCCC4)C3=O)c2C)c1. The lowest BCUT2D eigenvalue weighted by Crippen LogP contribution is -2.58. The highest BCUT2D eigenvalue weighted by Crippen LogP contribution is 2.28. The molecule has 1 aromatic carbocycles. The Morgan fingerprint density at radius 3 is 2.19 bits per heavy atom. The van der Waals surface area contributed by atoms with E-state index < -0.39 is 17.8 Å². The molecule has 2 aromatic rings. The average molecular weight is 420 g/mol. The minimum Gasteiger partial charge on any atom is -0.318 e. The number of hydrogen-bond donors (Lipinski definition) is 1. The standard InChI is InChI=1S/C25H29N3O3/c1-15-10-16(2)12-21(11-15)27-17(3)13-19(18(27)4)14-22-23(29)26-25(31)28(24(22)30)20-8-6-5-7-9-20/h10-14,20H,5-9H2,1-4H3,(H,26,29,31)/b22-14+. The maximum absolute atomic E-state index is 13.2. The average Bonchev–Trinajstić information content (AvgIpc) is 2.98. The van der Waals surface area contributed by atoms with E-state index in [9.17, 15) is 14.4 Å². The first-order valence-corrected chi connectivity index (χ1v) is 10.9. The molecule has 0 unspecified atom stereocenters. The molecule has 31 heavy (non-hydrogen) atoms. The van der Waals surface area contributed by atoms with Crippen LogP contribution < -0.4 is 5.32 Å². The van der Waals surface area contributed by atoms with Crippen molar-refractivity contribution in [2.45, 2.75) is 65.8 Å². The Balaban J connectivity index is 1.72. The van der Waals surface area contributed by atoms with Crippen LogP contribution in [0.15, 0.2) is 29.8 Å². The predicted molar refractivity (Wildman–Crippen MR) is 120 cm³/mol. The molecular weight excluding hydrogens is 390 g/mol. The number of barbiturate groups is 1. The lowest BCUT2D eigenvalue weighted by Gasteiger charge is -2.35. The molecule has 6 heteroatoms. The minimum atomic E-state index is -0.627. The predicted octanol–water partition coefficient (Wildman–Crippen LogP) is 4.51. The maximum atomic E-state index is 13.2. The molecule has 0 radical (unpaired) electrons. The van der Waals surface area contributed by atoms with Crippen molar-refractivity contribution in [3.05, 3.63) is 57.9 Å². The third-order valence-corrected chi connectivity index (χ3v) is 6.31. The first-order valence-electron chi connectivity index (χ1n) is 10.9. The van der Waals surface area contributed by atoms with E-state index in [0.717, 1.165) is 54.7 Å². The third kappa shape index (κ3) is 3.94. The zero-order valence-corrected chi connectivity index (χ0v) is 18.6. The molecule has 1 N–H and O–H groups in total. The van der Waals surface area contributed by atoms with Gasteiger partial charge in [0.15, 0.2) is 0 Å². The summed E-state index contributed by atoms with van der Waals surface area (Å²) < 4.78 is 2.13. The van der Waals surface area contributed by atoms with E-state index in [4.69, 9.17) is 0 Å².